The lowest BCUT2D eigenvalue weighted by atomic mass is 10.2. The van der Waals surface area contributed by atoms with Crippen LogP contribution in [0.2, 0.25) is 0 Å². The summed E-state index contributed by atoms with van der Waals surface area (Å²) in [5, 5.41) is 0. The van der Waals surface area contributed by atoms with Gasteiger partial charge in [0.2, 0.25) is 5.96 Å². The fourth-order valence-corrected chi connectivity index (χ4v) is 0.916. The largest absolute Gasteiger partial charge is 0.342 e. The minimum absolute atomic E-state index is 0.546. The highest BCUT2D eigenvalue weighted by Crippen LogP contribution is 1.96. The third-order valence-electron chi connectivity index (χ3n) is 1.64. The van der Waals surface area contributed by atoms with Gasteiger partial charge in [-0.3, -0.25) is 4.84 Å². The Morgan fingerprint density at radius 3 is 2.92 bits per heavy atom. The molecule has 1 rings (SSSR count). The molecule has 1 aliphatic rings. The highest BCUT2D eigenvalue weighted by molar-refractivity contribution is 5.80. The molecule has 4 heteroatoms. The van der Waals surface area contributed by atoms with Crippen molar-refractivity contribution in [3.63, 3.8) is 0 Å². The molecule has 1 heterocycles. The zero-order valence-corrected chi connectivity index (χ0v) is 8.00. The van der Waals surface area contributed by atoms with Gasteiger partial charge in [-0.05, 0) is 5.92 Å². The molecule has 0 saturated heterocycles. The van der Waals surface area contributed by atoms with E-state index in [0.717, 1.165) is 19.0 Å². The van der Waals surface area contributed by atoms with Crippen molar-refractivity contribution >= 4 is 5.96 Å². The average molecular weight is 171 g/mol. The molecule has 0 aromatic rings. The summed E-state index contributed by atoms with van der Waals surface area (Å²) in [5.74, 6) is 1.39. The molecular formula is C8H17N3O. The van der Waals surface area contributed by atoms with Gasteiger partial charge in [0, 0.05) is 13.6 Å². The van der Waals surface area contributed by atoms with E-state index in [1.54, 1.807) is 0 Å². The van der Waals surface area contributed by atoms with Crippen LogP contribution in [0.15, 0.2) is 4.99 Å². The lowest BCUT2D eigenvalue weighted by Gasteiger charge is -2.15. The Morgan fingerprint density at radius 1 is 1.67 bits per heavy atom. The summed E-state index contributed by atoms with van der Waals surface area (Å²) in [6, 6.07) is 0. The van der Waals surface area contributed by atoms with Gasteiger partial charge in [0.25, 0.3) is 0 Å². The second kappa shape index (κ2) is 4.30. The first-order valence-corrected chi connectivity index (χ1v) is 4.33. The van der Waals surface area contributed by atoms with Gasteiger partial charge in [-0.2, -0.15) is 0 Å². The van der Waals surface area contributed by atoms with Crippen molar-refractivity contribution < 1.29 is 4.84 Å². The lowest BCUT2D eigenvalue weighted by Crippen LogP contribution is -2.36. The predicted molar refractivity (Wildman–Crippen MR) is 48.9 cm³/mol. The van der Waals surface area contributed by atoms with Crippen molar-refractivity contribution in [1.82, 2.24) is 10.4 Å². The maximum atomic E-state index is 5.23. The molecular weight excluding hydrogens is 154 g/mol. The van der Waals surface area contributed by atoms with Crippen molar-refractivity contribution in [2.24, 2.45) is 10.9 Å². The Hall–Kier alpha value is -0.770. The summed E-state index contributed by atoms with van der Waals surface area (Å²) in [6.07, 6.45) is 0. The maximum Gasteiger partial charge on any atom is 0.218 e. The molecule has 0 fully saturated rings. The predicted octanol–water partition coefficient (Wildman–Crippen LogP) is 0.465. The number of hydroxylamine groups is 1. The molecule has 1 aliphatic heterocycles. The van der Waals surface area contributed by atoms with Crippen LogP contribution < -0.4 is 5.48 Å². The van der Waals surface area contributed by atoms with Crippen molar-refractivity contribution in [3.8, 4) is 0 Å². The molecule has 0 aliphatic carbocycles. The number of nitrogens with one attached hydrogen (secondary N) is 1. The van der Waals surface area contributed by atoms with E-state index in [4.69, 9.17) is 4.84 Å². The number of aliphatic imine (C=N–C) groups is 1. The van der Waals surface area contributed by atoms with Gasteiger partial charge < -0.3 is 4.90 Å². The standard InChI is InChI=1S/C8H17N3O/c1-7(2)6-12-10-8-9-4-5-11(8)3/h7H,4-6H2,1-3H3,(H,9,10). The molecule has 0 amide bonds. The van der Waals surface area contributed by atoms with Crippen LogP contribution in [0.25, 0.3) is 0 Å². The minimum Gasteiger partial charge on any atom is -0.342 e. The monoisotopic (exact) mass is 171 g/mol. The SMILES string of the molecule is CC(C)CONC1=NCCN1C. The van der Waals surface area contributed by atoms with Crippen molar-refractivity contribution in [1.29, 1.82) is 0 Å². The highest BCUT2D eigenvalue weighted by Gasteiger charge is 2.11. The van der Waals surface area contributed by atoms with Crippen LogP contribution in [0.1, 0.15) is 13.8 Å². The van der Waals surface area contributed by atoms with Crippen LogP contribution in [0.3, 0.4) is 0 Å². The van der Waals surface area contributed by atoms with E-state index in [9.17, 15) is 0 Å². The van der Waals surface area contributed by atoms with Crippen LogP contribution in [-0.2, 0) is 4.84 Å². The number of nitrogens with zero attached hydrogens (tertiary/aromatic N) is 2. The minimum atomic E-state index is 0.546. The number of likely N-dealkylation sites (N-methyl/N-ethyl adjacent to an activating group) is 1. The molecule has 1 N–H and O–H groups in total. The molecule has 0 radical (unpaired) electrons. The molecule has 0 aromatic carbocycles. The van der Waals surface area contributed by atoms with E-state index < -0.39 is 0 Å². The first kappa shape index (κ1) is 9.32. The number of rotatable bonds is 3. The second-order valence-corrected chi connectivity index (χ2v) is 3.43. The molecule has 4 nitrogen and oxygen atoms in total. The van der Waals surface area contributed by atoms with E-state index in [1.165, 1.54) is 0 Å². The van der Waals surface area contributed by atoms with Crippen LogP contribution in [0.5, 0.6) is 0 Å². The Kier molecular flexibility index (Phi) is 3.34. The summed E-state index contributed by atoms with van der Waals surface area (Å²) in [4.78, 5) is 11.5. The third kappa shape index (κ3) is 2.70. The Balaban J connectivity index is 2.14. The van der Waals surface area contributed by atoms with Crippen molar-refractivity contribution in [3.05, 3.63) is 0 Å². The molecule has 12 heavy (non-hydrogen) atoms. The summed E-state index contributed by atoms with van der Waals surface area (Å²) >= 11 is 0. The smallest absolute Gasteiger partial charge is 0.218 e. The fourth-order valence-electron chi connectivity index (χ4n) is 0.916. The highest BCUT2D eigenvalue weighted by atomic mass is 16.6. The van der Waals surface area contributed by atoms with Gasteiger partial charge in [-0.25, -0.2) is 10.5 Å². The summed E-state index contributed by atoms with van der Waals surface area (Å²) in [6.45, 7) is 6.79. The van der Waals surface area contributed by atoms with Gasteiger partial charge in [0.1, 0.15) is 0 Å². The lowest BCUT2D eigenvalue weighted by molar-refractivity contribution is 0.0582. The summed E-state index contributed by atoms with van der Waals surface area (Å²) in [7, 11) is 2.00. The van der Waals surface area contributed by atoms with Gasteiger partial charge in [-0.15, -0.1) is 0 Å². The van der Waals surface area contributed by atoms with Crippen molar-refractivity contribution in [2.45, 2.75) is 13.8 Å². The van der Waals surface area contributed by atoms with Gasteiger partial charge >= 0.3 is 0 Å². The number of hydrogen-bond acceptors (Lipinski definition) is 4. The summed E-state index contributed by atoms with van der Waals surface area (Å²) < 4.78 is 0. The molecule has 0 bridgehead atoms. The molecule has 0 atom stereocenters. The average Bonchev–Trinajstić information content (AvgIpc) is 2.36. The zero-order chi connectivity index (χ0) is 8.97. The third-order valence-corrected chi connectivity index (χ3v) is 1.64. The van der Waals surface area contributed by atoms with Gasteiger partial charge in [-0.1, -0.05) is 13.8 Å². The van der Waals surface area contributed by atoms with Crippen LogP contribution in [0.4, 0.5) is 0 Å². The molecule has 0 saturated carbocycles. The topological polar surface area (TPSA) is 36.9 Å². The Labute approximate surface area is 73.6 Å². The van der Waals surface area contributed by atoms with Gasteiger partial charge in [0.05, 0.1) is 13.2 Å². The van der Waals surface area contributed by atoms with E-state index in [2.05, 4.69) is 24.3 Å². The van der Waals surface area contributed by atoms with E-state index >= 15 is 0 Å². The van der Waals surface area contributed by atoms with Crippen molar-refractivity contribution in [2.75, 3.05) is 26.7 Å². The Bertz CT molecular complexity index is 168. The first-order valence-electron chi connectivity index (χ1n) is 4.33. The van der Waals surface area contributed by atoms with Crippen LogP contribution >= 0.6 is 0 Å². The molecule has 0 unspecified atom stereocenters. The molecule has 0 spiro atoms. The van der Waals surface area contributed by atoms with Gasteiger partial charge in [0.15, 0.2) is 0 Å². The van der Waals surface area contributed by atoms with E-state index in [-0.39, 0.29) is 0 Å². The molecule has 70 valence electrons. The first-order chi connectivity index (χ1) is 5.70. The maximum absolute atomic E-state index is 5.23. The van der Waals surface area contributed by atoms with Crippen LogP contribution in [0, 0.1) is 5.92 Å². The van der Waals surface area contributed by atoms with Crippen LogP contribution in [-0.4, -0.2) is 37.6 Å². The summed E-state index contributed by atoms with van der Waals surface area (Å²) in [5.41, 5.74) is 2.84. The normalized spacial score (nSPS) is 17.0. The fraction of sp³-hybridized carbons (Fsp3) is 0.875. The number of guanidine groups is 1. The molecule has 0 aromatic heterocycles. The van der Waals surface area contributed by atoms with E-state index in [1.807, 2.05) is 11.9 Å². The number of hydrogen-bond donors (Lipinski definition) is 1. The Morgan fingerprint density at radius 2 is 2.42 bits per heavy atom. The van der Waals surface area contributed by atoms with E-state index in [0.29, 0.717) is 12.5 Å². The quantitative estimate of drug-likeness (QED) is 0.627. The second-order valence-electron chi connectivity index (χ2n) is 3.43. The zero-order valence-electron chi connectivity index (χ0n) is 8.00.